The minimum absolute atomic E-state index is 0.0126. The number of carboxylic acid groups (broad SMARTS) is 2. The Morgan fingerprint density at radius 1 is 1.31 bits per heavy atom. The van der Waals surface area contributed by atoms with Crippen molar-refractivity contribution in [3.63, 3.8) is 0 Å². The first-order valence-electron chi connectivity index (χ1n) is 4.47. The summed E-state index contributed by atoms with van der Waals surface area (Å²) in [6.07, 6.45) is 1.54. The average Bonchev–Trinajstić information content (AvgIpc) is 2.30. The molecule has 3 unspecified atom stereocenters. The Morgan fingerprint density at radius 2 is 1.92 bits per heavy atom. The summed E-state index contributed by atoms with van der Waals surface area (Å²) >= 11 is 0. The summed E-state index contributed by atoms with van der Waals surface area (Å²) in [6, 6.07) is 0. The predicted octanol–water partition coefficient (Wildman–Crippen LogP) is 1.21. The maximum Gasteiger partial charge on any atom is 0.307 e. The first-order valence-corrected chi connectivity index (χ1v) is 4.47. The summed E-state index contributed by atoms with van der Waals surface area (Å²) in [5, 5.41) is 17.4. The molecule has 0 heterocycles. The van der Waals surface area contributed by atoms with Crippen LogP contribution in [0.3, 0.4) is 0 Å². The lowest BCUT2D eigenvalue weighted by Gasteiger charge is -2.16. The van der Waals surface area contributed by atoms with Crippen molar-refractivity contribution < 1.29 is 19.8 Å². The second-order valence-corrected chi connectivity index (χ2v) is 3.78. The van der Waals surface area contributed by atoms with Gasteiger partial charge in [0.2, 0.25) is 0 Å². The van der Waals surface area contributed by atoms with Crippen LogP contribution in [0.5, 0.6) is 0 Å². The van der Waals surface area contributed by atoms with E-state index in [0.29, 0.717) is 0 Å². The van der Waals surface area contributed by atoms with Crippen LogP contribution in [0.15, 0.2) is 0 Å². The molecule has 1 rings (SSSR count). The van der Waals surface area contributed by atoms with Gasteiger partial charge in [0.25, 0.3) is 0 Å². The molecule has 1 aliphatic rings. The summed E-state index contributed by atoms with van der Waals surface area (Å²) in [4.78, 5) is 21.2. The predicted molar refractivity (Wildman–Crippen MR) is 45.3 cm³/mol. The maximum absolute atomic E-state index is 10.8. The van der Waals surface area contributed by atoms with E-state index in [1.807, 2.05) is 6.92 Å². The fourth-order valence-corrected chi connectivity index (χ4v) is 2.20. The Labute approximate surface area is 76.6 Å². The third-order valence-electron chi connectivity index (χ3n) is 2.84. The normalized spacial score (nSPS) is 33.2. The Hall–Kier alpha value is -1.06. The molecule has 3 atom stereocenters. The van der Waals surface area contributed by atoms with Gasteiger partial charge in [-0.1, -0.05) is 6.92 Å². The van der Waals surface area contributed by atoms with Gasteiger partial charge in [0, 0.05) is 6.42 Å². The molecular formula is C9H14O4. The van der Waals surface area contributed by atoms with Crippen LogP contribution in [0, 0.1) is 17.8 Å². The van der Waals surface area contributed by atoms with Gasteiger partial charge < -0.3 is 10.2 Å². The second-order valence-electron chi connectivity index (χ2n) is 3.78. The summed E-state index contributed by atoms with van der Waals surface area (Å²) < 4.78 is 0. The van der Waals surface area contributed by atoms with E-state index in [1.54, 1.807) is 0 Å². The summed E-state index contributed by atoms with van der Waals surface area (Å²) in [7, 11) is 0. The van der Waals surface area contributed by atoms with Crippen molar-refractivity contribution in [2.24, 2.45) is 17.8 Å². The summed E-state index contributed by atoms with van der Waals surface area (Å²) in [6.45, 7) is 1.88. The molecule has 2 N–H and O–H groups in total. The highest BCUT2D eigenvalue weighted by atomic mass is 16.4. The monoisotopic (exact) mass is 186 g/mol. The lowest BCUT2D eigenvalue weighted by Crippen LogP contribution is -2.24. The van der Waals surface area contributed by atoms with Crippen LogP contribution >= 0.6 is 0 Å². The van der Waals surface area contributed by atoms with E-state index in [0.717, 1.165) is 12.8 Å². The zero-order valence-electron chi connectivity index (χ0n) is 7.56. The molecule has 0 aromatic rings. The van der Waals surface area contributed by atoms with Crippen molar-refractivity contribution in [2.45, 2.75) is 26.2 Å². The number of carbonyl (C=O) groups is 2. The van der Waals surface area contributed by atoms with E-state index < -0.39 is 17.9 Å². The lowest BCUT2D eigenvalue weighted by molar-refractivity contribution is -0.145. The third-order valence-corrected chi connectivity index (χ3v) is 2.84. The lowest BCUT2D eigenvalue weighted by atomic mass is 9.88. The van der Waals surface area contributed by atoms with Crippen LogP contribution in [-0.4, -0.2) is 22.2 Å². The van der Waals surface area contributed by atoms with Crippen molar-refractivity contribution in [2.75, 3.05) is 0 Å². The fraction of sp³-hybridized carbons (Fsp3) is 0.778. The van der Waals surface area contributed by atoms with Crippen molar-refractivity contribution in [1.82, 2.24) is 0 Å². The van der Waals surface area contributed by atoms with Crippen LogP contribution in [0.1, 0.15) is 26.2 Å². The summed E-state index contributed by atoms with van der Waals surface area (Å²) in [5.41, 5.74) is 0. The van der Waals surface area contributed by atoms with Crippen molar-refractivity contribution in [3.8, 4) is 0 Å². The van der Waals surface area contributed by atoms with E-state index in [4.69, 9.17) is 10.2 Å². The zero-order chi connectivity index (χ0) is 10.0. The molecule has 0 bridgehead atoms. The van der Waals surface area contributed by atoms with E-state index >= 15 is 0 Å². The van der Waals surface area contributed by atoms with Gasteiger partial charge in [-0.2, -0.15) is 0 Å². The molecular weight excluding hydrogens is 172 g/mol. The molecule has 4 heteroatoms. The van der Waals surface area contributed by atoms with Crippen LogP contribution in [-0.2, 0) is 9.59 Å². The van der Waals surface area contributed by atoms with E-state index in [2.05, 4.69) is 0 Å². The minimum Gasteiger partial charge on any atom is -0.481 e. The molecule has 74 valence electrons. The van der Waals surface area contributed by atoms with Gasteiger partial charge in [0.1, 0.15) is 0 Å². The average molecular weight is 186 g/mol. The molecule has 0 radical (unpaired) electrons. The van der Waals surface area contributed by atoms with Crippen LogP contribution in [0.4, 0.5) is 0 Å². The SMILES string of the molecule is CC1CCC(CC(=O)O)C1C(=O)O. The first kappa shape index (κ1) is 10.0. The smallest absolute Gasteiger partial charge is 0.307 e. The maximum atomic E-state index is 10.8. The van der Waals surface area contributed by atoms with Crippen molar-refractivity contribution >= 4 is 11.9 Å². The Bertz CT molecular complexity index is 224. The number of rotatable bonds is 3. The number of aliphatic carboxylic acids is 2. The fourth-order valence-electron chi connectivity index (χ4n) is 2.20. The Balaban J connectivity index is 2.64. The molecule has 0 saturated heterocycles. The van der Waals surface area contributed by atoms with Crippen molar-refractivity contribution in [3.05, 3.63) is 0 Å². The molecule has 1 saturated carbocycles. The van der Waals surface area contributed by atoms with Crippen LogP contribution in [0.25, 0.3) is 0 Å². The highest BCUT2D eigenvalue weighted by molar-refractivity contribution is 5.73. The van der Waals surface area contributed by atoms with Crippen molar-refractivity contribution in [1.29, 1.82) is 0 Å². The zero-order valence-corrected chi connectivity index (χ0v) is 7.56. The number of hydrogen-bond acceptors (Lipinski definition) is 2. The van der Waals surface area contributed by atoms with Crippen LogP contribution in [0.2, 0.25) is 0 Å². The van der Waals surface area contributed by atoms with Gasteiger partial charge in [-0.25, -0.2) is 0 Å². The molecule has 0 amide bonds. The number of carboxylic acids is 2. The first-order chi connectivity index (χ1) is 6.02. The van der Waals surface area contributed by atoms with E-state index in [1.165, 1.54) is 0 Å². The van der Waals surface area contributed by atoms with Gasteiger partial charge in [-0.15, -0.1) is 0 Å². The Kier molecular flexibility index (Phi) is 2.90. The minimum atomic E-state index is -0.898. The quantitative estimate of drug-likeness (QED) is 0.694. The van der Waals surface area contributed by atoms with Gasteiger partial charge in [0.15, 0.2) is 0 Å². The third kappa shape index (κ3) is 2.20. The highest BCUT2D eigenvalue weighted by Gasteiger charge is 2.39. The van der Waals surface area contributed by atoms with E-state index in [-0.39, 0.29) is 18.3 Å². The molecule has 1 fully saturated rings. The van der Waals surface area contributed by atoms with Gasteiger partial charge in [-0.3, -0.25) is 9.59 Å². The molecule has 13 heavy (non-hydrogen) atoms. The van der Waals surface area contributed by atoms with Gasteiger partial charge >= 0.3 is 11.9 Å². The molecule has 0 spiro atoms. The van der Waals surface area contributed by atoms with E-state index in [9.17, 15) is 9.59 Å². The van der Waals surface area contributed by atoms with Gasteiger partial charge in [0.05, 0.1) is 5.92 Å². The summed E-state index contributed by atoms with van der Waals surface area (Å²) in [5.74, 6) is -2.27. The standard InChI is InChI=1S/C9H14O4/c1-5-2-3-6(4-7(10)11)8(5)9(12)13/h5-6,8H,2-4H2,1H3,(H,10,11)(H,12,13). The number of hydrogen-bond donors (Lipinski definition) is 2. The Morgan fingerprint density at radius 3 is 2.38 bits per heavy atom. The van der Waals surface area contributed by atoms with Gasteiger partial charge in [-0.05, 0) is 24.7 Å². The molecule has 4 nitrogen and oxygen atoms in total. The second kappa shape index (κ2) is 3.77. The molecule has 0 aromatic heterocycles. The largest absolute Gasteiger partial charge is 0.481 e. The van der Waals surface area contributed by atoms with Crippen LogP contribution < -0.4 is 0 Å². The topological polar surface area (TPSA) is 74.6 Å². The molecule has 0 aromatic carbocycles. The molecule has 0 aliphatic heterocycles. The molecule has 1 aliphatic carbocycles. The highest BCUT2D eigenvalue weighted by Crippen LogP contribution is 2.38.